The van der Waals surface area contributed by atoms with E-state index in [1.807, 2.05) is 38.1 Å². The average molecular weight is 448 g/mol. The Kier molecular flexibility index (Phi) is 7.31. The van der Waals surface area contributed by atoms with Gasteiger partial charge in [0.15, 0.2) is 18.1 Å². The first-order chi connectivity index (χ1) is 14.5. The summed E-state index contributed by atoms with van der Waals surface area (Å²) in [7, 11) is 0. The van der Waals surface area contributed by atoms with E-state index in [4.69, 9.17) is 33.3 Å². The lowest BCUT2D eigenvalue weighted by Crippen LogP contribution is -2.20. The van der Waals surface area contributed by atoms with E-state index in [-0.39, 0.29) is 12.5 Å². The van der Waals surface area contributed by atoms with Crippen LogP contribution in [0.15, 0.2) is 42.7 Å². The van der Waals surface area contributed by atoms with E-state index in [2.05, 4.69) is 20.9 Å². The number of ether oxygens (including phenoxy) is 2. The van der Waals surface area contributed by atoms with Gasteiger partial charge in [0.25, 0.3) is 5.91 Å². The molecule has 0 aliphatic carbocycles. The zero-order valence-electron chi connectivity index (χ0n) is 16.6. The van der Waals surface area contributed by atoms with Gasteiger partial charge in [0.05, 0.1) is 18.2 Å². The van der Waals surface area contributed by atoms with Crippen LogP contribution in [0.1, 0.15) is 18.1 Å². The van der Waals surface area contributed by atoms with Gasteiger partial charge in [-0.15, -0.1) is 0 Å². The molecule has 0 aliphatic heterocycles. The molecule has 0 fully saturated rings. The van der Waals surface area contributed by atoms with Crippen LogP contribution in [0.2, 0.25) is 5.02 Å². The van der Waals surface area contributed by atoms with Crippen LogP contribution in [-0.4, -0.2) is 34.0 Å². The molecule has 0 saturated heterocycles. The van der Waals surface area contributed by atoms with Gasteiger partial charge in [-0.25, -0.2) is 4.68 Å². The first-order valence-corrected chi connectivity index (χ1v) is 10.1. The van der Waals surface area contributed by atoms with Crippen LogP contribution in [0.25, 0.3) is 0 Å². The summed E-state index contributed by atoms with van der Waals surface area (Å²) in [4.78, 5) is 12.2. The van der Waals surface area contributed by atoms with Crippen molar-refractivity contribution in [3.8, 4) is 11.5 Å². The quantitative estimate of drug-likeness (QED) is 0.428. The molecule has 158 valence electrons. The standard InChI is InChI=1S/C20H22ClN5O3S/c1-3-28-17-9-14(10-23-26-12-22-25-20(26)30)8-16(21)19(17)29-11-18(27)24-15-6-4-13(2)5-7-15/h4-9,12,23H,3,10-11H2,1-2H3,(H,24,27)(H,25,30). The van der Waals surface area contributed by atoms with Crippen molar-refractivity contribution in [3.05, 3.63) is 63.6 Å². The number of benzene rings is 2. The van der Waals surface area contributed by atoms with E-state index < -0.39 is 0 Å². The predicted octanol–water partition coefficient (Wildman–Crippen LogP) is 4.06. The highest BCUT2D eigenvalue weighted by Crippen LogP contribution is 2.36. The number of amides is 1. The summed E-state index contributed by atoms with van der Waals surface area (Å²) >= 11 is 11.5. The fourth-order valence-electron chi connectivity index (χ4n) is 2.64. The Bertz CT molecular complexity index is 1070. The summed E-state index contributed by atoms with van der Waals surface area (Å²) in [5, 5.41) is 9.64. The Balaban J connectivity index is 1.67. The van der Waals surface area contributed by atoms with Crippen LogP contribution in [0.3, 0.4) is 0 Å². The molecule has 1 heterocycles. The van der Waals surface area contributed by atoms with Crippen LogP contribution in [0.4, 0.5) is 5.69 Å². The fraction of sp³-hybridized carbons (Fsp3) is 0.250. The molecule has 2 aromatic carbocycles. The van der Waals surface area contributed by atoms with E-state index in [1.165, 1.54) is 6.33 Å². The summed E-state index contributed by atoms with van der Waals surface area (Å²) in [5.41, 5.74) is 5.77. The molecule has 1 amide bonds. The normalized spacial score (nSPS) is 10.5. The Labute approximate surface area is 184 Å². The van der Waals surface area contributed by atoms with Crippen LogP contribution >= 0.6 is 23.8 Å². The third-order valence-electron chi connectivity index (χ3n) is 4.06. The van der Waals surface area contributed by atoms with Gasteiger partial charge >= 0.3 is 0 Å². The van der Waals surface area contributed by atoms with Gasteiger partial charge in [-0.3, -0.25) is 9.89 Å². The zero-order valence-corrected chi connectivity index (χ0v) is 18.1. The highest BCUT2D eigenvalue weighted by molar-refractivity contribution is 7.71. The second kappa shape index (κ2) is 10.1. The maximum absolute atomic E-state index is 12.2. The van der Waals surface area contributed by atoms with E-state index in [0.717, 1.165) is 11.1 Å². The number of H-pyrrole nitrogens is 1. The number of carbonyl (C=O) groups is 1. The monoisotopic (exact) mass is 447 g/mol. The van der Waals surface area contributed by atoms with Crippen LogP contribution in [0, 0.1) is 11.7 Å². The number of halogens is 1. The second-order valence-electron chi connectivity index (χ2n) is 6.41. The number of nitrogens with zero attached hydrogens (tertiary/aromatic N) is 2. The van der Waals surface area contributed by atoms with Gasteiger partial charge in [-0.1, -0.05) is 29.3 Å². The minimum absolute atomic E-state index is 0.199. The lowest BCUT2D eigenvalue weighted by Gasteiger charge is -2.16. The molecule has 0 spiro atoms. The van der Waals surface area contributed by atoms with E-state index in [0.29, 0.717) is 40.1 Å². The predicted molar refractivity (Wildman–Crippen MR) is 118 cm³/mol. The molecule has 8 nitrogen and oxygen atoms in total. The van der Waals surface area contributed by atoms with Crippen molar-refractivity contribution in [3.63, 3.8) is 0 Å². The molecule has 3 N–H and O–H groups in total. The second-order valence-corrected chi connectivity index (χ2v) is 7.20. The van der Waals surface area contributed by atoms with Crippen molar-refractivity contribution >= 4 is 35.4 Å². The number of aromatic nitrogens is 3. The van der Waals surface area contributed by atoms with Crippen molar-refractivity contribution in [2.45, 2.75) is 20.4 Å². The van der Waals surface area contributed by atoms with E-state index in [9.17, 15) is 4.79 Å². The van der Waals surface area contributed by atoms with Crippen LogP contribution in [0.5, 0.6) is 11.5 Å². The lowest BCUT2D eigenvalue weighted by molar-refractivity contribution is -0.118. The SMILES string of the molecule is CCOc1cc(CNn2cn[nH]c2=S)cc(Cl)c1OCC(=O)Nc1ccc(C)cc1. The van der Waals surface area contributed by atoms with Crippen LogP contribution < -0.4 is 20.2 Å². The smallest absolute Gasteiger partial charge is 0.262 e. The molecule has 0 unspecified atom stereocenters. The Morgan fingerprint density at radius 3 is 2.70 bits per heavy atom. The van der Waals surface area contributed by atoms with Gasteiger partial charge in [0.1, 0.15) is 6.33 Å². The lowest BCUT2D eigenvalue weighted by atomic mass is 10.2. The number of aromatic amines is 1. The molecule has 3 aromatic rings. The zero-order chi connectivity index (χ0) is 21.5. The Morgan fingerprint density at radius 1 is 1.27 bits per heavy atom. The first-order valence-electron chi connectivity index (χ1n) is 9.26. The fourth-order valence-corrected chi connectivity index (χ4v) is 3.09. The van der Waals surface area contributed by atoms with Gasteiger partial charge in [-0.05, 0) is 55.9 Å². The topological polar surface area (TPSA) is 93.2 Å². The van der Waals surface area contributed by atoms with Crippen molar-refractivity contribution < 1.29 is 14.3 Å². The summed E-state index contributed by atoms with van der Waals surface area (Å²) in [6, 6.07) is 11.1. The number of rotatable bonds is 9. The number of nitrogens with one attached hydrogen (secondary N) is 3. The summed E-state index contributed by atoms with van der Waals surface area (Å²) in [6.07, 6.45) is 1.54. The van der Waals surface area contributed by atoms with E-state index >= 15 is 0 Å². The highest BCUT2D eigenvalue weighted by Gasteiger charge is 2.15. The Hall–Kier alpha value is -3.04. The molecule has 10 heteroatoms. The number of hydrogen-bond acceptors (Lipinski definition) is 6. The largest absolute Gasteiger partial charge is 0.490 e. The maximum atomic E-state index is 12.2. The summed E-state index contributed by atoms with van der Waals surface area (Å²) in [6.45, 7) is 4.50. The highest BCUT2D eigenvalue weighted by atomic mass is 35.5. The third-order valence-corrected chi connectivity index (χ3v) is 4.63. The van der Waals surface area contributed by atoms with Crippen molar-refractivity contribution in [2.75, 3.05) is 24.0 Å². The van der Waals surface area contributed by atoms with Gasteiger partial charge in [0.2, 0.25) is 4.77 Å². The molecule has 0 saturated carbocycles. The number of anilines is 1. The van der Waals surface area contributed by atoms with Gasteiger partial charge in [-0.2, -0.15) is 5.10 Å². The molecule has 3 rings (SSSR count). The first kappa shape index (κ1) is 21.7. The summed E-state index contributed by atoms with van der Waals surface area (Å²) in [5.74, 6) is 0.486. The number of carbonyl (C=O) groups excluding carboxylic acids is 1. The number of aryl methyl sites for hydroxylation is 1. The molecule has 30 heavy (non-hydrogen) atoms. The third kappa shape index (κ3) is 5.74. The molecule has 0 bridgehead atoms. The number of hydrogen-bond donors (Lipinski definition) is 3. The molecule has 0 aliphatic rings. The minimum atomic E-state index is -0.294. The van der Waals surface area contributed by atoms with E-state index in [1.54, 1.807) is 16.8 Å². The van der Waals surface area contributed by atoms with Gasteiger partial charge < -0.3 is 20.2 Å². The van der Waals surface area contributed by atoms with Crippen molar-refractivity contribution in [1.29, 1.82) is 0 Å². The molecular weight excluding hydrogens is 426 g/mol. The Morgan fingerprint density at radius 2 is 2.03 bits per heavy atom. The van der Waals surface area contributed by atoms with Gasteiger partial charge in [0, 0.05) is 5.69 Å². The molecule has 0 radical (unpaired) electrons. The van der Waals surface area contributed by atoms with Crippen molar-refractivity contribution in [2.24, 2.45) is 0 Å². The summed E-state index contributed by atoms with van der Waals surface area (Å²) < 4.78 is 13.4. The molecular formula is C20H22ClN5O3S. The molecule has 1 aromatic heterocycles. The van der Waals surface area contributed by atoms with Crippen LogP contribution in [-0.2, 0) is 11.3 Å². The maximum Gasteiger partial charge on any atom is 0.262 e. The molecule has 0 atom stereocenters. The average Bonchev–Trinajstić information content (AvgIpc) is 3.12. The minimum Gasteiger partial charge on any atom is -0.490 e. The van der Waals surface area contributed by atoms with Crippen molar-refractivity contribution in [1.82, 2.24) is 14.9 Å².